The van der Waals surface area contributed by atoms with Crippen molar-refractivity contribution in [3.8, 4) is 0 Å². The van der Waals surface area contributed by atoms with Crippen LogP contribution in [-0.4, -0.2) is 63.7 Å². The van der Waals surface area contributed by atoms with Gasteiger partial charge in [-0.1, -0.05) is 58.3 Å². The number of rotatable bonds is 17. The largest absolute Gasteiger partial charge is 0.481 e. The topological polar surface area (TPSA) is 105 Å². The fourth-order valence-electron chi connectivity index (χ4n) is 5.11. The Labute approximate surface area is 200 Å². The molecule has 2 aliphatic heterocycles. The molecule has 2 saturated heterocycles. The van der Waals surface area contributed by atoms with Gasteiger partial charge in [-0.25, -0.2) is 0 Å². The smallest absolute Gasteiger partial charge is 0.303 e. The van der Waals surface area contributed by atoms with Crippen LogP contribution < -0.4 is 0 Å². The van der Waals surface area contributed by atoms with E-state index in [0.717, 1.165) is 12.8 Å². The van der Waals surface area contributed by atoms with Gasteiger partial charge in [0.2, 0.25) is 0 Å². The molecule has 0 spiro atoms. The van der Waals surface area contributed by atoms with Gasteiger partial charge in [0, 0.05) is 6.42 Å². The number of hydrogen-bond donors (Lipinski definition) is 3. The first kappa shape index (κ1) is 28.5. The summed E-state index contributed by atoms with van der Waals surface area (Å²) in [6.45, 7) is 6.15. The fourth-order valence-corrected chi connectivity index (χ4v) is 5.11. The van der Waals surface area contributed by atoms with Crippen LogP contribution in [0.3, 0.4) is 0 Å². The maximum absolute atomic E-state index is 10.7. The lowest BCUT2D eigenvalue weighted by molar-refractivity contribution is -0.148. The molecule has 3 N–H and O–H groups in total. The summed E-state index contributed by atoms with van der Waals surface area (Å²) in [4.78, 5) is 10.7. The number of ether oxygens (including phenoxy) is 3. The van der Waals surface area contributed by atoms with Gasteiger partial charge in [-0.3, -0.25) is 4.79 Å². The second kappa shape index (κ2) is 14.6. The molecule has 0 aromatic carbocycles. The maximum atomic E-state index is 10.7. The van der Waals surface area contributed by atoms with Crippen molar-refractivity contribution in [3.05, 3.63) is 0 Å². The molecular weight excluding hydrogens is 424 g/mol. The van der Waals surface area contributed by atoms with Crippen molar-refractivity contribution >= 4 is 5.97 Å². The van der Waals surface area contributed by atoms with Gasteiger partial charge in [0.25, 0.3) is 0 Å². The van der Waals surface area contributed by atoms with E-state index in [9.17, 15) is 15.0 Å². The van der Waals surface area contributed by atoms with Crippen LogP contribution in [0.15, 0.2) is 0 Å². The monoisotopic (exact) mass is 472 g/mol. The standard InChI is InChI=1S/C26H48O7/c1-4-5-6-7-8-9-10-11-12-23-24(33-26(2,3)32-23)15-13-19(27)21-16-17-22(31-21)20(28)14-18-25(29)30/h19-24,27-28H,4-18H2,1-3H3,(H,29,30)/t19-,20+,21-,22-,23+,24+/m0/s1. The Balaban J connectivity index is 1.68. The van der Waals surface area contributed by atoms with Crippen LogP contribution in [0.2, 0.25) is 0 Å². The highest BCUT2D eigenvalue weighted by Gasteiger charge is 2.41. The second-order valence-corrected chi connectivity index (χ2v) is 10.4. The molecule has 7 nitrogen and oxygen atoms in total. The number of unbranched alkanes of at least 4 members (excludes halogenated alkanes) is 7. The zero-order chi connectivity index (χ0) is 24.3. The van der Waals surface area contributed by atoms with Crippen LogP contribution in [0, 0.1) is 0 Å². The van der Waals surface area contributed by atoms with Gasteiger partial charge in [0.1, 0.15) is 0 Å². The molecule has 2 heterocycles. The van der Waals surface area contributed by atoms with Gasteiger partial charge in [0.15, 0.2) is 5.79 Å². The van der Waals surface area contributed by atoms with Crippen molar-refractivity contribution in [3.63, 3.8) is 0 Å². The van der Waals surface area contributed by atoms with E-state index < -0.39 is 30.1 Å². The number of aliphatic hydroxyl groups excluding tert-OH is 2. The molecule has 7 heteroatoms. The molecule has 0 bridgehead atoms. The fraction of sp³-hybridized carbons (Fsp3) is 0.962. The van der Waals surface area contributed by atoms with E-state index in [-0.39, 0.29) is 31.2 Å². The SMILES string of the molecule is CCCCCCCCCC[C@H]1OC(C)(C)O[C@@H]1CC[C@H](O)[C@@H]1CC[C@@H]([C@H](O)CCC(=O)O)O1. The number of hydrogen-bond acceptors (Lipinski definition) is 6. The molecule has 0 saturated carbocycles. The first-order chi connectivity index (χ1) is 15.7. The minimum absolute atomic E-state index is 0.0300. The van der Waals surface area contributed by atoms with Crippen molar-refractivity contribution in [2.45, 2.75) is 159 Å². The highest BCUT2D eigenvalue weighted by Crippen LogP contribution is 2.35. The van der Waals surface area contributed by atoms with E-state index in [1.807, 2.05) is 13.8 Å². The molecule has 0 amide bonds. The molecule has 0 unspecified atom stereocenters. The summed E-state index contributed by atoms with van der Waals surface area (Å²) in [6.07, 6.45) is 11.8. The second-order valence-electron chi connectivity index (χ2n) is 10.4. The molecule has 2 fully saturated rings. The quantitative estimate of drug-likeness (QED) is 0.257. The van der Waals surface area contributed by atoms with Gasteiger partial charge in [-0.05, 0) is 52.4 Å². The van der Waals surface area contributed by atoms with Crippen LogP contribution in [-0.2, 0) is 19.0 Å². The Hall–Kier alpha value is -0.730. The summed E-state index contributed by atoms with van der Waals surface area (Å²) in [5.41, 5.74) is 0. The first-order valence-corrected chi connectivity index (χ1v) is 13.3. The number of aliphatic carboxylic acids is 1. The Bertz CT molecular complexity index is 553. The first-order valence-electron chi connectivity index (χ1n) is 13.3. The third kappa shape index (κ3) is 10.6. The van der Waals surface area contributed by atoms with Crippen LogP contribution in [0.5, 0.6) is 0 Å². The lowest BCUT2D eigenvalue weighted by Gasteiger charge is -2.23. The Morgan fingerprint density at radius 2 is 1.36 bits per heavy atom. The average Bonchev–Trinajstić information content (AvgIpc) is 3.36. The lowest BCUT2D eigenvalue weighted by atomic mass is 9.97. The van der Waals surface area contributed by atoms with Crippen molar-refractivity contribution in [2.24, 2.45) is 0 Å². The van der Waals surface area contributed by atoms with Crippen molar-refractivity contribution in [1.82, 2.24) is 0 Å². The highest BCUT2D eigenvalue weighted by atomic mass is 16.7. The summed E-state index contributed by atoms with van der Waals surface area (Å²) >= 11 is 0. The van der Waals surface area contributed by atoms with Gasteiger partial charge < -0.3 is 29.5 Å². The molecule has 0 radical (unpaired) electrons. The van der Waals surface area contributed by atoms with E-state index >= 15 is 0 Å². The van der Waals surface area contributed by atoms with Crippen LogP contribution in [0.4, 0.5) is 0 Å². The molecule has 33 heavy (non-hydrogen) atoms. The summed E-state index contributed by atoms with van der Waals surface area (Å²) < 4.78 is 18.2. The lowest BCUT2D eigenvalue weighted by Crippen LogP contribution is -2.32. The van der Waals surface area contributed by atoms with E-state index in [2.05, 4.69) is 6.92 Å². The zero-order valence-electron chi connectivity index (χ0n) is 21.0. The molecule has 194 valence electrons. The normalized spacial score (nSPS) is 28.8. The van der Waals surface area contributed by atoms with Crippen LogP contribution in [0.1, 0.15) is 117 Å². The molecule has 0 aromatic heterocycles. The van der Waals surface area contributed by atoms with Gasteiger partial charge in [-0.2, -0.15) is 0 Å². The minimum Gasteiger partial charge on any atom is -0.481 e. The molecule has 2 aliphatic rings. The van der Waals surface area contributed by atoms with E-state index in [4.69, 9.17) is 19.3 Å². The average molecular weight is 473 g/mol. The molecule has 0 aliphatic carbocycles. The summed E-state index contributed by atoms with van der Waals surface area (Å²) in [7, 11) is 0. The number of carboxylic acid groups (broad SMARTS) is 1. The molecule has 6 atom stereocenters. The van der Waals surface area contributed by atoms with E-state index in [0.29, 0.717) is 25.7 Å². The number of aliphatic hydroxyl groups is 2. The summed E-state index contributed by atoms with van der Waals surface area (Å²) in [5, 5.41) is 29.6. The summed E-state index contributed by atoms with van der Waals surface area (Å²) in [6, 6.07) is 0. The predicted octanol–water partition coefficient (Wildman–Crippen LogP) is 4.95. The third-order valence-electron chi connectivity index (χ3n) is 6.97. The van der Waals surface area contributed by atoms with Crippen molar-refractivity contribution in [2.75, 3.05) is 0 Å². The summed E-state index contributed by atoms with van der Waals surface area (Å²) in [5.74, 6) is -1.52. The molecule has 2 rings (SSSR count). The zero-order valence-corrected chi connectivity index (χ0v) is 21.0. The maximum Gasteiger partial charge on any atom is 0.303 e. The highest BCUT2D eigenvalue weighted by molar-refractivity contribution is 5.66. The van der Waals surface area contributed by atoms with Crippen LogP contribution in [0.25, 0.3) is 0 Å². The Morgan fingerprint density at radius 1 is 0.848 bits per heavy atom. The predicted molar refractivity (Wildman–Crippen MR) is 127 cm³/mol. The van der Waals surface area contributed by atoms with Crippen molar-refractivity contribution in [1.29, 1.82) is 0 Å². The number of carbonyl (C=O) groups is 1. The van der Waals surface area contributed by atoms with Gasteiger partial charge >= 0.3 is 5.97 Å². The van der Waals surface area contributed by atoms with Crippen LogP contribution >= 0.6 is 0 Å². The Kier molecular flexibility index (Phi) is 12.6. The Morgan fingerprint density at radius 3 is 1.94 bits per heavy atom. The van der Waals surface area contributed by atoms with Gasteiger partial charge in [0.05, 0.1) is 36.6 Å². The minimum atomic E-state index is -0.924. The van der Waals surface area contributed by atoms with E-state index in [1.54, 1.807) is 0 Å². The van der Waals surface area contributed by atoms with E-state index in [1.165, 1.54) is 44.9 Å². The molecular formula is C26H48O7. The number of carboxylic acids is 1. The molecule has 0 aromatic rings. The van der Waals surface area contributed by atoms with Gasteiger partial charge in [-0.15, -0.1) is 0 Å². The van der Waals surface area contributed by atoms with Crippen molar-refractivity contribution < 1.29 is 34.3 Å². The third-order valence-corrected chi connectivity index (χ3v) is 6.97.